The summed E-state index contributed by atoms with van der Waals surface area (Å²) in [4.78, 5) is 26.7. The summed E-state index contributed by atoms with van der Waals surface area (Å²) in [5.74, 6) is 0.326. The normalized spacial score (nSPS) is 16.7. The predicted octanol–water partition coefficient (Wildman–Crippen LogP) is 6.06. The molecular formula is C22H22ClNO3S. The van der Waals surface area contributed by atoms with Crippen molar-refractivity contribution in [2.75, 3.05) is 0 Å². The van der Waals surface area contributed by atoms with Gasteiger partial charge in [-0.2, -0.15) is 0 Å². The Morgan fingerprint density at radius 2 is 1.89 bits per heavy atom. The summed E-state index contributed by atoms with van der Waals surface area (Å²) in [5, 5.41) is 0.215. The number of carbonyl (C=O) groups is 2. The van der Waals surface area contributed by atoms with Crippen LogP contribution in [-0.4, -0.2) is 22.2 Å². The number of hydrogen-bond donors (Lipinski definition) is 0. The van der Waals surface area contributed by atoms with Crippen molar-refractivity contribution in [2.45, 2.75) is 39.8 Å². The van der Waals surface area contributed by atoms with Crippen molar-refractivity contribution >= 4 is 40.6 Å². The highest BCUT2D eigenvalue weighted by Crippen LogP contribution is 2.34. The van der Waals surface area contributed by atoms with Crippen molar-refractivity contribution in [1.29, 1.82) is 0 Å². The van der Waals surface area contributed by atoms with Gasteiger partial charge in [-0.05, 0) is 61.4 Å². The first-order valence-electron chi connectivity index (χ1n) is 9.14. The van der Waals surface area contributed by atoms with Crippen LogP contribution in [0.2, 0.25) is 5.02 Å². The molecule has 2 aromatic rings. The lowest BCUT2D eigenvalue weighted by atomic mass is 10.1. The van der Waals surface area contributed by atoms with Gasteiger partial charge in [0, 0.05) is 0 Å². The van der Waals surface area contributed by atoms with Gasteiger partial charge in [-0.1, -0.05) is 54.4 Å². The third-order valence-electron chi connectivity index (χ3n) is 4.49. The molecule has 0 spiro atoms. The molecule has 2 amide bonds. The molecule has 0 saturated carbocycles. The highest BCUT2D eigenvalue weighted by Gasteiger charge is 2.34. The highest BCUT2D eigenvalue weighted by atomic mass is 35.5. The van der Waals surface area contributed by atoms with Crippen LogP contribution in [0.1, 0.15) is 37.0 Å². The number of thioether (sulfide) groups is 1. The van der Waals surface area contributed by atoms with Crippen LogP contribution in [-0.2, 0) is 11.3 Å². The molecule has 2 aromatic carbocycles. The van der Waals surface area contributed by atoms with Gasteiger partial charge < -0.3 is 4.74 Å². The smallest absolute Gasteiger partial charge is 0.293 e. The number of ether oxygens (including phenoxy) is 1. The van der Waals surface area contributed by atoms with E-state index in [1.807, 2.05) is 51.1 Å². The Labute approximate surface area is 174 Å². The summed E-state index contributed by atoms with van der Waals surface area (Å²) in [6, 6.07) is 13.2. The number of imide groups is 1. The first-order chi connectivity index (χ1) is 13.4. The van der Waals surface area contributed by atoms with Crippen molar-refractivity contribution < 1.29 is 14.3 Å². The Balaban J connectivity index is 1.76. The molecule has 1 fully saturated rings. The molecule has 0 aromatic heterocycles. The number of halogens is 1. The largest absolute Gasteiger partial charge is 0.489 e. The molecule has 146 valence electrons. The van der Waals surface area contributed by atoms with Crippen LogP contribution in [0.3, 0.4) is 0 Å². The van der Waals surface area contributed by atoms with Crippen LogP contribution in [0, 0.1) is 6.92 Å². The van der Waals surface area contributed by atoms with Gasteiger partial charge in [-0.15, -0.1) is 0 Å². The van der Waals surface area contributed by atoms with Crippen molar-refractivity contribution in [3.8, 4) is 5.75 Å². The molecule has 4 nitrogen and oxygen atoms in total. The van der Waals surface area contributed by atoms with Gasteiger partial charge >= 0.3 is 0 Å². The summed E-state index contributed by atoms with van der Waals surface area (Å²) in [6.07, 6.45) is 2.65. The molecular weight excluding hydrogens is 394 g/mol. The van der Waals surface area contributed by atoms with Gasteiger partial charge in [0.2, 0.25) is 0 Å². The number of benzene rings is 2. The lowest BCUT2D eigenvalue weighted by Gasteiger charge is -2.14. The molecule has 0 bridgehead atoms. The predicted molar refractivity (Wildman–Crippen MR) is 115 cm³/mol. The molecule has 1 atom stereocenters. The number of carbonyl (C=O) groups excluding carboxylic acids is 2. The van der Waals surface area contributed by atoms with Crippen LogP contribution in [0.4, 0.5) is 4.79 Å². The van der Waals surface area contributed by atoms with Gasteiger partial charge in [0.25, 0.3) is 11.1 Å². The lowest BCUT2D eigenvalue weighted by molar-refractivity contribution is -0.123. The molecule has 6 heteroatoms. The molecule has 28 heavy (non-hydrogen) atoms. The third-order valence-corrected chi connectivity index (χ3v) is 5.69. The number of amides is 2. The van der Waals surface area contributed by atoms with Crippen LogP contribution < -0.4 is 4.74 Å². The molecule has 0 radical (unpaired) electrons. The fraction of sp³-hybridized carbons (Fsp3) is 0.273. The maximum absolute atomic E-state index is 12.7. The molecule has 0 aliphatic carbocycles. The van der Waals surface area contributed by atoms with E-state index < -0.39 is 0 Å². The van der Waals surface area contributed by atoms with Crippen LogP contribution in [0.15, 0.2) is 47.4 Å². The Morgan fingerprint density at radius 3 is 2.54 bits per heavy atom. The van der Waals surface area contributed by atoms with E-state index in [4.69, 9.17) is 16.3 Å². The molecule has 1 saturated heterocycles. The number of hydrogen-bond acceptors (Lipinski definition) is 4. The fourth-order valence-electron chi connectivity index (χ4n) is 2.67. The minimum Gasteiger partial charge on any atom is -0.489 e. The summed E-state index contributed by atoms with van der Waals surface area (Å²) >= 11 is 7.25. The van der Waals surface area contributed by atoms with E-state index in [1.54, 1.807) is 18.2 Å². The van der Waals surface area contributed by atoms with Crippen molar-refractivity contribution in [1.82, 2.24) is 4.90 Å². The zero-order valence-electron chi connectivity index (χ0n) is 16.1. The second kappa shape index (κ2) is 8.84. The number of rotatable bonds is 6. The summed E-state index contributed by atoms with van der Waals surface area (Å²) in [5.41, 5.74) is 2.81. The van der Waals surface area contributed by atoms with Crippen LogP contribution >= 0.6 is 23.4 Å². The highest BCUT2D eigenvalue weighted by molar-refractivity contribution is 8.18. The Morgan fingerprint density at radius 1 is 1.18 bits per heavy atom. The zero-order valence-corrected chi connectivity index (χ0v) is 17.6. The van der Waals surface area contributed by atoms with E-state index in [2.05, 4.69) is 0 Å². The van der Waals surface area contributed by atoms with E-state index in [0.29, 0.717) is 15.7 Å². The van der Waals surface area contributed by atoms with E-state index in [0.717, 1.165) is 34.9 Å². The summed E-state index contributed by atoms with van der Waals surface area (Å²) in [7, 11) is 0. The van der Waals surface area contributed by atoms with Gasteiger partial charge in [0.1, 0.15) is 5.75 Å². The van der Waals surface area contributed by atoms with Gasteiger partial charge in [-0.25, -0.2) is 0 Å². The molecule has 0 unspecified atom stereocenters. The summed E-state index contributed by atoms with van der Waals surface area (Å²) in [6.45, 7) is 6.29. The number of nitrogens with zero attached hydrogens (tertiary/aromatic N) is 1. The fourth-order valence-corrected chi connectivity index (χ4v) is 3.74. The molecule has 1 heterocycles. The topological polar surface area (TPSA) is 46.6 Å². The maximum atomic E-state index is 12.7. The minimum absolute atomic E-state index is 0.0709. The Bertz CT molecular complexity index is 924. The molecule has 1 aliphatic heterocycles. The standard InChI is InChI=1S/C22H22ClNO3S/c1-4-15(3)27-19-10-9-17(11-18(19)23)12-20-21(25)24(22(26)28-20)13-16-7-5-14(2)6-8-16/h5-12,15H,4,13H2,1-3H3/b20-12+/t15-/m0/s1. The van der Waals surface area contributed by atoms with E-state index in [9.17, 15) is 9.59 Å². The van der Waals surface area contributed by atoms with E-state index in [1.165, 1.54) is 4.90 Å². The van der Waals surface area contributed by atoms with E-state index in [-0.39, 0.29) is 23.8 Å². The number of aryl methyl sites for hydroxylation is 1. The average Bonchev–Trinajstić information content (AvgIpc) is 2.93. The SMILES string of the molecule is CC[C@H](C)Oc1ccc(/C=C2/SC(=O)N(Cc3ccc(C)cc3)C2=O)cc1Cl. The summed E-state index contributed by atoms with van der Waals surface area (Å²) < 4.78 is 5.76. The maximum Gasteiger partial charge on any atom is 0.293 e. The van der Waals surface area contributed by atoms with Crippen LogP contribution in [0.25, 0.3) is 6.08 Å². The average molecular weight is 416 g/mol. The van der Waals surface area contributed by atoms with Gasteiger partial charge in [0.05, 0.1) is 22.6 Å². The first-order valence-corrected chi connectivity index (χ1v) is 10.3. The van der Waals surface area contributed by atoms with Crippen LogP contribution in [0.5, 0.6) is 5.75 Å². The first kappa shape index (κ1) is 20.5. The monoisotopic (exact) mass is 415 g/mol. The Kier molecular flexibility index (Phi) is 6.47. The van der Waals surface area contributed by atoms with Crippen molar-refractivity contribution in [3.63, 3.8) is 0 Å². The lowest BCUT2D eigenvalue weighted by Crippen LogP contribution is -2.27. The van der Waals surface area contributed by atoms with Gasteiger partial charge in [-0.3, -0.25) is 14.5 Å². The van der Waals surface area contributed by atoms with Gasteiger partial charge in [0.15, 0.2) is 0 Å². The van der Waals surface area contributed by atoms with Crippen molar-refractivity contribution in [2.24, 2.45) is 0 Å². The quantitative estimate of drug-likeness (QED) is 0.538. The molecule has 1 aliphatic rings. The van der Waals surface area contributed by atoms with Crippen molar-refractivity contribution in [3.05, 3.63) is 69.1 Å². The second-order valence-electron chi connectivity index (χ2n) is 6.78. The molecule has 3 rings (SSSR count). The van der Waals surface area contributed by atoms with E-state index >= 15 is 0 Å². The second-order valence-corrected chi connectivity index (χ2v) is 8.18. The molecule has 0 N–H and O–H groups in total. The minimum atomic E-state index is -0.286. The third kappa shape index (κ3) is 4.78. The zero-order chi connectivity index (χ0) is 20.3. The Hall–Kier alpha value is -2.24.